The Bertz CT molecular complexity index is 3540. The number of benzene rings is 10. The maximum atomic E-state index is 6.78. The number of fused-ring (bicyclic) bond motifs is 11. The van der Waals surface area contributed by atoms with Gasteiger partial charge in [0.25, 0.3) is 0 Å². The SMILES string of the molecule is c1ccc(-c2ccccc2N(c2ccc3c4c5ccccc5ccc4n(-c4ccc5ccccc5c4)c3c2)c2cccc3oc4c5ccccc5ccc4c23)cc1. The summed E-state index contributed by atoms with van der Waals surface area (Å²) in [6.45, 7) is 0. The Morgan fingerprint density at radius 2 is 1.05 bits per heavy atom. The molecule has 10 aromatic carbocycles. The molecule has 57 heavy (non-hydrogen) atoms. The first-order chi connectivity index (χ1) is 28.3. The summed E-state index contributed by atoms with van der Waals surface area (Å²) in [4.78, 5) is 2.44. The van der Waals surface area contributed by atoms with E-state index in [0.29, 0.717) is 0 Å². The molecule has 0 spiro atoms. The molecule has 0 amide bonds. The Kier molecular flexibility index (Phi) is 6.93. The van der Waals surface area contributed by atoms with Crippen LogP contribution in [0.5, 0.6) is 0 Å². The van der Waals surface area contributed by atoms with Crippen molar-refractivity contribution >= 4 is 93.1 Å². The molecule has 0 saturated carbocycles. The van der Waals surface area contributed by atoms with Gasteiger partial charge in [0.15, 0.2) is 0 Å². The van der Waals surface area contributed by atoms with E-state index in [1.54, 1.807) is 0 Å². The van der Waals surface area contributed by atoms with Crippen molar-refractivity contribution in [3.8, 4) is 16.8 Å². The van der Waals surface area contributed by atoms with Gasteiger partial charge >= 0.3 is 0 Å². The van der Waals surface area contributed by atoms with E-state index >= 15 is 0 Å². The Balaban J connectivity index is 1.19. The molecule has 12 aromatic rings. The fraction of sp³-hybridized carbons (Fsp3) is 0. The fourth-order valence-electron chi connectivity index (χ4n) is 9.17. The first-order valence-electron chi connectivity index (χ1n) is 19.5. The van der Waals surface area contributed by atoms with Gasteiger partial charge in [0.05, 0.1) is 27.8 Å². The predicted molar refractivity (Wildman–Crippen MR) is 241 cm³/mol. The zero-order valence-corrected chi connectivity index (χ0v) is 30.9. The third-order valence-corrected chi connectivity index (χ3v) is 11.7. The molecule has 0 saturated heterocycles. The van der Waals surface area contributed by atoms with E-state index in [0.717, 1.165) is 72.1 Å². The van der Waals surface area contributed by atoms with Crippen molar-refractivity contribution in [2.45, 2.75) is 0 Å². The molecule has 3 heteroatoms. The number of para-hydroxylation sites is 1. The van der Waals surface area contributed by atoms with Crippen molar-refractivity contribution in [3.05, 3.63) is 206 Å². The highest BCUT2D eigenvalue weighted by Crippen LogP contribution is 2.48. The van der Waals surface area contributed by atoms with Crippen LogP contribution >= 0.6 is 0 Å². The third kappa shape index (κ3) is 4.86. The van der Waals surface area contributed by atoms with Crippen LogP contribution in [-0.4, -0.2) is 4.57 Å². The summed E-state index contributed by atoms with van der Waals surface area (Å²) in [5, 5.41) is 11.9. The van der Waals surface area contributed by atoms with Crippen LogP contribution in [0.1, 0.15) is 0 Å². The van der Waals surface area contributed by atoms with Gasteiger partial charge in [0, 0.05) is 38.5 Å². The molecule has 0 fully saturated rings. The lowest BCUT2D eigenvalue weighted by Crippen LogP contribution is -2.12. The van der Waals surface area contributed by atoms with Crippen molar-refractivity contribution in [1.29, 1.82) is 0 Å². The summed E-state index contributed by atoms with van der Waals surface area (Å²) in [5.41, 5.74) is 10.7. The van der Waals surface area contributed by atoms with E-state index in [-0.39, 0.29) is 0 Å². The Morgan fingerprint density at radius 1 is 0.386 bits per heavy atom. The Hall–Kier alpha value is -7.62. The van der Waals surface area contributed by atoms with Crippen LogP contribution in [0.25, 0.3) is 92.9 Å². The molecule has 0 unspecified atom stereocenters. The van der Waals surface area contributed by atoms with E-state index in [2.05, 4.69) is 216 Å². The highest BCUT2D eigenvalue weighted by atomic mass is 16.3. The van der Waals surface area contributed by atoms with E-state index < -0.39 is 0 Å². The summed E-state index contributed by atoms with van der Waals surface area (Å²) in [6, 6.07) is 74.6. The zero-order chi connectivity index (χ0) is 37.5. The van der Waals surface area contributed by atoms with Crippen LogP contribution in [0, 0.1) is 0 Å². The number of nitrogens with zero attached hydrogens (tertiary/aromatic N) is 2. The maximum Gasteiger partial charge on any atom is 0.143 e. The molecule has 3 nitrogen and oxygen atoms in total. The second-order valence-corrected chi connectivity index (χ2v) is 14.9. The molecule has 0 bridgehead atoms. The third-order valence-electron chi connectivity index (χ3n) is 11.7. The lowest BCUT2D eigenvalue weighted by Gasteiger charge is -2.28. The molecule has 0 aliphatic heterocycles. The van der Waals surface area contributed by atoms with E-state index in [9.17, 15) is 0 Å². The van der Waals surface area contributed by atoms with Crippen molar-refractivity contribution in [1.82, 2.24) is 4.57 Å². The molecule has 0 atom stereocenters. The van der Waals surface area contributed by atoms with Crippen LogP contribution in [-0.2, 0) is 0 Å². The first-order valence-corrected chi connectivity index (χ1v) is 19.5. The summed E-state index contributed by atoms with van der Waals surface area (Å²) >= 11 is 0. The van der Waals surface area contributed by atoms with Gasteiger partial charge in [-0.15, -0.1) is 0 Å². The molecule has 12 rings (SSSR count). The molecular weight excluding hydrogens is 693 g/mol. The number of furan rings is 1. The molecule has 2 aromatic heterocycles. The monoisotopic (exact) mass is 726 g/mol. The molecule has 0 aliphatic carbocycles. The van der Waals surface area contributed by atoms with Gasteiger partial charge in [0.1, 0.15) is 11.2 Å². The average Bonchev–Trinajstić information content (AvgIpc) is 3.83. The zero-order valence-electron chi connectivity index (χ0n) is 30.9. The predicted octanol–water partition coefficient (Wildman–Crippen LogP) is 15.3. The minimum absolute atomic E-state index is 0.860. The topological polar surface area (TPSA) is 21.3 Å². The standard InChI is InChI=1S/C54H34N2O/c1-2-14-36(15-3-1)42-19-10-11-22-47(42)55(48-23-12-24-51-53(48)46-30-26-38-17-7-9-21-44(38)54(46)57-51)41-29-31-45-50(34-41)56(40-28-25-35-13-4-5-18-39(35)33-40)49-32-27-37-16-6-8-20-43(37)52(45)49/h1-34H. The fourth-order valence-corrected chi connectivity index (χ4v) is 9.17. The Morgan fingerprint density at radius 3 is 1.93 bits per heavy atom. The summed E-state index contributed by atoms with van der Waals surface area (Å²) in [5.74, 6) is 0. The minimum atomic E-state index is 0.860. The normalized spacial score (nSPS) is 11.9. The minimum Gasteiger partial charge on any atom is -0.455 e. The number of hydrogen-bond acceptors (Lipinski definition) is 2. The van der Waals surface area contributed by atoms with E-state index in [4.69, 9.17) is 4.42 Å². The smallest absolute Gasteiger partial charge is 0.143 e. The molecule has 0 radical (unpaired) electrons. The van der Waals surface area contributed by atoms with Crippen molar-refractivity contribution in [2.24, 2.45) is 0 Å². The number of aromatic nitrogens is 1. The van der Waals surface area contributed by atoms with Gasteiger partial charge in [0.2, 0.25) is 0 Å². The molecule has 0 N–H and O–H groups in total. The maximum absolute atomic E-state index is 6.78. The van der Waals surface area contributed by atoms with E-state index in [1.807, 2.05) is 0 Å². The summed E-state index contributed by atoms with van der Waals surface area (Å²) < 4.78 is 9.23. The van der Waals surface area contributed by atoms with Crippen molar-refractivity contribution < 1.29 is 4.42 Å². The molecule has 2 heterocycles. The summed E-state index contributed by atoms with van der Waals surface area (Å²) in [6.07, 6.45) is 0. The summed E-state index contributed by atoms with van der Waals surface area (Å²) in [7, 11) is 0. The van der Waals surface area contributed by atoms with Crippen molar-refractivity contribution in [2.75, 3.05) is 4.90 Å². The second-order valence-electron chi connectivity index (χ2n) is 14.9. The van der Waals surface area contributed by atoms with Gasteiger partial charge in [-0.3, -0.25) is 0 Å². The lowest BCUT2D eigenvalue weighted by atomic mass is 10.00. The highest BCUT2D eigenvalue weighted by molar-refractivity contribution is 6.23. The quantitative estimate of drug-likeness (QED) is 0.176. The van der Waals surface area contributed by atoms with Crippen molar-refractivity contribution in [3.63, 3.8) is 0 Å². The van der Waals surface area contributed by atoms with Crippen LogP contribution < -0.4 is 4.90 Å². The Labute approximate surface area is 328 Å². The van der Waals surface area contributed by atoms with Gasteiger partial charge in [-0.05, 0) is 87.1 Å². The van der Waals surface area contributed by atoms with Gasteiger partial charge in [-0.1, -0.05) is 152 Å². The van der Waals surface area contributed by atoms with Crippen LogP contribution in [0.2, 0.25) is 0 Å². The number of anilines is 3. The van der Waals surface area contributed by atoms with E-state index in [1.165, 1.54) is 37.8 Å². The average molecular weight is 727 g/mol. The van der Waals surface area contributed by atoms with Gasteiger partial charge in [-0.25, -0.2) is 0 Å². The van der Waals surface area contributed by atoms with Crippen LogP contribution in [0.3, 0.4) is 0 Å². The lowest BCUT2D eigenvalue weighted by molar-refractivity contribution is 0.672. The molecule has 266 valence electrons. The van der Waals surface area contributed by atoms with Gasteiger partial charge < -0.3 is 13.9 Å². The number of hydrogen-bond donors (Lipinski definition) is 0. The second kappa shape index (κ2) is 12.5. The van der Waals surface area contributed by atoms with Crippen LogP contribution in [0.4, 0.5) is 17.1 Å². The molecular formula is C54H34N2O. The van der Waals surface area contributed by atoms with Gasteiger partial charge in [-0.2, -0.15) is 0 Å². The largest absolute Gasteiger partial charge is 0.455 e. The first kappa shape index (κ1) is 31.7. The number of rotatable bonds is 5. The highest BCUT2D eigenvalue weighted by Gasteiger charge is 2.24. The van der Waals surface area contributed by atoms with Crippen LogP contribution in [0.15, 0.2) is 211 Å². The molecule has 0 aliphatic rings.